The summed E-state index contributed by atoms with van der Waals surface area (Å²) in [6.45, 7) is 2.96. The molecule has 0 rings (SSSR count). The number of rotatable bonds is 10. The third-order valence-electron chi connectivity index (χ3n) is 1.43. The fourth-order valence-corrected chi connectivity index (χ4v) is 0.816. The fraction of sp³-hybridized carbons (Fsp3) is 0.889. The van der Waals surface area contributed by atoms with E-state index in [1.807, 2.05) is 0 Å². The third-order valence-corrected chi connectivity index (χ3v) is 1.43. The van der Waals surface area contributed by atoms with Gasteiger partial charge in [-0.1, -0.05) is 0 Å². The lowest BCUT2D eigenvalue weighted by Gasteiger charge is -2.16. The molecule has 0 heterocycles. The average Bonchev–Trinajstić information content (AvgIpc) is 2.20. The first-order valence-corrected chi connectivity index (χ1v) is 4.72. The summed E-state index contributed by atoms with van der Waals surface area (Å²) in [5, 5.41) is 8.40. The van der Waals surface area contributed by atoms with Gasteiger partial charge >= 0.3 is 5.97 Å². The Morgan fingerprint density at radius 2 is 2.07 bits per heavy atom. The maximum Gasteiger partial charge on any atom is 0.329 e. The highest BCUT2D eigenvalue weighted by atomic mass is 16.7. The van der Waals surface area contributed by atoms with Crippen LogP contribution in [0.1, 0.15) is 6.92 Å². The van der Waals surface area contributed by atoms with E-state index in [1.165, 1.54) is 0 Å². The van der Waals surface area contributed by atoms with Gasteiger partial charge in [-0.15, -0.1) is 0 Å². The molecule has 0 bridgehead atoms. The third kappa shape index (κ3) is 9.61. The number of carboxylic acid groups (broad SMARTS) is 1. The molecule has 90 valence electrons. The van der Waals surface area contributed by atoms with Crippen molar-refractivity contribution in [2.24, 2.45) is 0 Å². The van der Waals surface area contributed by atoms with Crippen molar-refractivity contribution in [1.82, 2.24) is 0 Å². The Morgan fingerprint density at radius 3 is 2.60 bits per heavy atom. The van der Waals surface area contributed by atoms with E-state index < -0.39 is 18.9 Å². The van der Waals surface area contributed by atoms with E-state index in [4.69, 9.17) is 24.1 Å². The zero-order chi connectivity index (χ0) is 11.5. The van der Waals surface area contributed by atoms with E-state index in [0.717, 1.165) is 0 Å². The van der Waals surface area contributed by atoms with Crippen molar-refractivity contribution in [1.29, 1.82) is 0 Å². The topological polar surface area (TPSA) is 74.2 Å². The monoisotopic (exact) mass is 222 g/mol. The largest absolute Gasteiger partial charge is 0.480 e. The molecule has 0 fully saturated rings. The van der Waals surface area contributed by atoms with Crippen LogP contribution in [0.3, 0.4) is 0 Å². The van der Waals surface area contributed by atoms with Crippen LogP contribution in [0, 0.1) is 0 Å². The smallest absolute Gasteiger partial charge is 0.329 e. The molecule has 6 nitrogen and oxygen atoms in total. The minimum atomic E-state index is -1.03. The van der Waals surface area contributed by atoms with Crippen molar-refractivity contribution in [3.63, 3.8) is 0 Å². The minimum absolute atomic E-state index is 0.199. The number of hydrogen-bond donors (Lipinski definition) is 1. The normalized spacial score (nSPS) is 12.7. The summed E-state index contributed by atoms with van der Waals surface area (Å²) in [6.07, 6.45) is -0.636. The number of carboxylic acids is 1. The molecule has 0 aliphatic rings. The highest BCUT2D eigenvalue weighted by Gasteiger charge is 2.10. The number of methoxy groups -OCH3 is 1. The van der Waals surface area contributed by atoms with Gasteiger partial charge in [0.2, 0.25) is 0 Å². The predicted octanol–water partition coefficient (Wildman–Crippen LogP) is 0.113. The summed E-state index contributed by atoms with van der Waals surface area (Å²) in [5.74, 6) is -1.03. The molecule has 0 saturated carbocycles. The van der Waals surface area contributed by atoms with Gasteiger partial charge in [0.1, 0.15) is 6.61 Å². The molecule has 0 saturated heterocycles. The van der Waals surface area contributed by atoms with Crippen LogP contribution in [-0.2, 0) is 23.7 Å². The number of ether oxygens (including phenoxy) is 4. The minimum Gasteiger partial charge on any atom is -0.480 e. The van der Waals surface area contributed by atoms with Crippen molar-refractivity contribution in [2.75, 3.05) is 40.1 Å². The molecule has 1 unspecified atom stereocenters. The molecule has 6 heteroatoms. The van der Waals surface area contributed by atoms with Crippen LogP contribution in [0.4, 0.5) is 0 Å². The van der Waals surface area contributed by atoms with Crippen molar-refractivity contribution >= 4 is 5.97 Å². The molecular formula is C9H18O6. The lowest BCUT2D eigenvalue weighted by atomic mass is 10.6. The SMILES string of the molecule is CCOC(COCCOC)OCC(=O)O. The lowest BCUT2D eigenvalue weighted by Crippen LogP contribution is -2.27. The van der Waals surface area contributed by atoms with E-state index >= 15 is 0 Å². The van der Waals surface area contributed by atoms with Gasteiger partial charge in [-0.2, -0.15) is 0 Å². The molecular weight excluding hydrogens is 204 g/mol. The second-order valence-electron chi connectivity index (χ2n) is 2.66. The van der Waals surface area contributed by atoms with E-state index in [9.17, 15) is 4.79 Å². The van der Waals surface area contributed by atoms with E-state index in [0.29, 0.717) is 19.8 Å². The van der Waals surface area contributed by atoms with Crippen LogP contribution in [0.15, 0.2) is 0 Å². The lowest BCUT2D eigenvalue weighted by molar-refractivity contribution is -0.183. The molecule has 0 aliphatic carbocycles. The Labute approximate surface area is 89.1 Å². The quantitative estimate of drug-likeness (QED) is 0.418. The molecule has 0 radical (unpaired) electrons. The Morgan fingerprint density at radius 1 is 1.33 bits per heavy atom. The second kappa shape index (κ2) is 9.85. The van der Waals surface area contributed by atoms with E-state index in [1.54, 1.807) is 14.0 Å². The molecule has 1 N–H and O–H groups in total. The summed E-state index contributed by atoms with van der Waals surface area (Å²) in [4.78, 5) is 10.2. The first-order valence-electron chi connectivity index (χ1n) is 4.72. The van der Waals surface area contributed by atoms with Gasteiger partial charge in [-0.05, 0) is 6.92 Å². The zero-order valence-electron chi connectivity index (χ0n) is 9.10. The fourth-order valence-electron chi connectivity index (χ4n) is 0.816. The predicted molar refractivity (Wildman–Crippen MR) is 51.7 cm³/mol. The van der Waals surface area contributed by atoms with Crippen LogP contribution in [-0.4, -0.2) is 57.5 Å². The van der Waals surface area contributed by atoms with Crippen molar-refractivity contribution in [2.45, 2.75) is 13.2 Å². The van der Waals surface area contributed by atoms with E-state index in [-0.39, 0.29) is 6.61 Å². The summed E-state index contributed by atoms with van der Waals surface area (Å²) in [5.41, 5.74) is 0. The van der Waals surface area contributed by atoms with Gasteiger partial charge in [-0.3, -0.25) is 0 Å². The molecule has 0 aromatic carbocycles. The van der Waals surface area contributed by atoms with E-state index in [2.05, 4.69) is 0 Å². The van der Waals surface area contributed by atoms with Crippen LogP contribution in [0.5, 0.6) is 0 Å². The molecule has 15 heavy (non-hydrogen) atoms. The molecule has 0 amide bonds. The first-order chi connectivity index (χ1) is 7.20. The van der Waals surface area contributed by atoms with Gasteiger partial charge in [0.15, 0.2) is 6.29 Å². The molecule has 0 spiro atoms. The standard InChI is InChI=1S/C9H18O6/c1-3-14-9(15-6-8(10)11)7-13-5-4-12-2/h9H,3-7H2,1-2H3,(H,10,11). The van der Waals surface area contributed by atoms with Crippen molar-refractivity contribution in [3.8, 4) is 0 Å². The van der Waals surface area contributed by atoms with Gasteiger partial charge in [0, 0.05) is 13.7 Å². The second-order valence-corrected chi connectivity index (χ2v) is 2.66. The zero-order valence-corrected chi connectivity index (χ0v) is 9.10. The average molecular weight is 222 g/mol. The Bertz CT molecular complexity index is 161. The highest BCUT2D eigenvalue weighted by molar-refractivity contribution is 5.67. The summed E-state index contributed by atoms with van der Waals surface area (Å²) < 4.78 is 20.0. The Kier molecular flexibility index (Phi) is 9.40. The summed E-state index contributed by atoms with van der Waals surface area (Å²) in [6, 6.07) is 0. The number of carbonyl (C=O) groups is 1. The molecule has 0 aliphatic heterocycles. The van der Waals surface area contributed by atoms with Crippen LogP contribution < -0.4 is 0 Å². The summed E-state index contributed by atoms with van der Waals surface area (Å²) >= 11 is 0. The van der Waals surface area contributed by atoms with Gasteiger partial charge < -0.3 is 24.1 Å². The van der Waals surface area contributed by atoms with Crippen LogP contribution in [0.25, 0.3) is 0 Å². The Balaban J connectivity index is 3.57. The van der Waals surface area contributed by atoms with Crippen LogP contribution in [0.2, 0.25) is 0 Å². The van der Waals surface area contributed by atoms with Gasteiger partial charge in [-0.25, -0.2) is 4.79 Å². The maximum absolute atomic E-state index is 10.2. The molecule has 0 aromatic heterocycles. The van der Waals surface area contributed by atoms with Gasteiger partial charge in [0.25, 0.3) is 0 Å². The summed E-state index contributed by atoms with van der Waals surface area (Å²) in [7, 11) is 1.57. The number of aliphatic carboxylic acids is 1. The first kappa shape index (κ1) is 14.3. The van der Waals surface area contributed by atoms with Crippen molar-refractivity contribution in [3.05, 3.63) is 0 Å². The van der Waals surface area contributed by atoms with Crippen molar-refractivity contribution < 1.29 is 28.8 Å². The molecule has 1 atom stereocenters. The Hall–Kier alpha value is -0.690. The highest BCUT2D eigenvalue weighted by Crippen LogP contribution is 1.96. The van der Waals surface area contributed by atoms with Crippen LogP contribution >= 0.6 is 0 Å². The van der Waals surface area contributed by atoms with Gasteiger partial charge in [0.05, 0.1) is 19.8 Å². The molecule has 0 aromatic rings. The number of hydrogen-bond acceptors (Lipinski definition) is 5. The maximum atomic E-state index is 10.2.